The van der Waals surface area contributed by atoms with Gasteiger partial charge in [0.25, 0.3) is 0 Å². The molecule has 1 nitrogen and oxygen atoms in total. The van der Waals surface area contributed by atoms with Crippen molar-refractivity contribution in [2.45, 2.75) is 38.5 Å². The topological polar surface area (TPSA) is 3.24 Å². The lowest BCUT2D eigenvalue weighted by atomic mass is 9.82. The first-order valence-electron chi connectivity index (χ1n) is 19.0. The van der Waals surface area contributed by atoms with Crippen LogP contribution in [0.1, 0.15) is 49.9 Å². The van der Waals surface area contributed by atoms with Crippen molar-refractivity contribution in [1.29, 1.82) is 0 Å². The highest BCUT2D eigenvalue weighted by Crippen LogP contribution is 2.53. The summed E-state index contributed by atoms with van der Waals surface area (Å²) in [6, 6.07) is 61.5. The first-order chi connectivity index (χ1) is 26.3. The lowest BCUT2D eigenvalue weighted by molar-refractivity contribution is 0.660. The second-order valence-electron chi connectivity index (χ2n) is 16.1. The van der Waals surface area contributed by atoms with Crippen LogP contribution in [0, 0.1) is 0 Å². The van der Waals surface area contributed by atoms with Crippen LogP contribution < -0.4 is 4.90 Å². The Balaban J connectivity index is 1.11. The summed E-state index contributed by atoms with van der Waals surface area (Å²) in [5, 5.41) is 5.27. The van der Waals surface area contributed by atoms with Gasteiger partial charge in [-0.2, -0.15) is 0 Å². The molecule has 0 fully saturated rings. The Morgan fingerprint density at radius 1 is 0.407 bits per heavy atom. The number of anilines is 3. The van der Waals surface area contributed by atoms with E-state index in [9.17, 15) is 0 Å². The predicted octanol–water partition coefficient (Wildman–Crippen LogP) is 15.0. The average Bonchev–Trinajstić information content (AvgIpc) is 3.78. The molecule has 11 rings (SSSR count). The van der Waals surface area contributed by atoms with Gasteiger partial charge in [0, 0.05) is 48.1 Å². The molecule has 0 aliphatic heterocycles. The molecule has 0 bridgehead atoms. The van der Waals surface area contributed by atoms with Gasteiger partial charge in [-0.1, -0.05) is 143 Å². The number of hydrogen-bond acceptors (Lipinski definition) is 2. The van der Waals surface area contributed by atoms with Gasteiger partial charge in [0.05, 0.1) is 0 Å². The third kappa shape index (κ3) is 4.38. The Labute approximate surface area is 320 Å². The minimum absolute atomic E-state index is 0.0448. The van der Waals surface area contributed by atoms with Crippen LogP contribution in [-0.2, 0) is 10.8 Å². The number of nitrogens with zero attached hydrogens (tertiary/aromatic N) is 1. The second kappa shape index (κ2) is 11.3. The summed E-state index contributed by atoms with van der Waals surface area (Å²) < 4.78 is 2.69. The SMILES string of the molecule is CC1(C)c2ccccc2-c2cc(N(c3ccc(-c4cc5ccccc5c5sc6ccccc6c45)cc3)c3ccc4c(c3)-c3ccccc3C4(C)C)ccc21. The van der Waals surface area contributed by atoms with Crippen LogP contribution in [0.3, 0.4) is 0 Å². The molecule has 0 spiro atoms. The van der Waals surface area contributed by atoms with Crippen LogP contribution in [0.15, 0.2) is 164 Å². The summed E-state index contributed by atoms with van der Waals surface area (Å²) in [6.07, 6.45) is 0. The van der Waals surface area contributed by atoms with Crippen molar-refractivity contribution in [3.05, 3.63) is 186 Å². The van der Waals surface area contributed by atoms with Gasteiger partial charge in [-0.05, 0) is 115 Å². The fourth-order valence-corrected chi connectivity index (χ4v) is 11.0. The van der Waals surface area contributed by atoms with Crippen LogP contribution in [0.5, 0.6) is 0 Å². The van der Waals surface area contributed by atoms with Gasteiger partial charge < -0.3 is 4.90 Å². The van der Waals surface area contributed by atoms with Gasteiger partial charge in [-0.15, -0.1) is 11.3 Å². The van der Waals surface area contributed by atoms with Gasteiger partial charge in [-0.3, -0.25) is 0 Å². The van der Waals surface area contributed by atoms with Gasteiger partial charge in [0.1, 0.15) is 0 Å². The van der Waals surface area contributed by atoms with Crippen LogP contribution in [-0.4, -0.2) is 0 Å². The molecule has 54 heavy (non-hydrogen) atoms. The van der Waals surface area contributed by atoms with E-state index in [1.165, 1.54) is 86.6 Å². The highest BCUT2D eigenvalue weighted by molar-refractivity contribution is 7.26. The van der Waals surface area contributed by atoms with E-state index in [-0.39, 0.29) is 10.8 Å². The fourth-order valence-electron chi connectivity index (χ4n) is 9.72. The number of rotatable bonds is 4. The molecule has 258 valence electrons. The molecule has 2 heteroatoms. The van der Waals surface area contributed by atoms with Crippen LogP contribution in [0.4, 0.5) is 17.1 Å². The highest BCUT2D eigenvalue weighted by atomic mass is 32.1. The Morgan fingerprint density at radius 2 is 0.907 bits per heavy atom. The average molecular weight is 710 g/mol. The summed E-state index contributed by atoms with van der Waals surface area (Å²) in [5.74, 6) is 0. The second-order valence-corrected chi connectivity index (χ2v) is 17.2. The lowest BCUT2D eigenvalue weighted by Gasteiger charge is -2.28. The number of thiophene rings is 1. The van der Waals surface area contributed by atoms with Crippen molar-refractivity contribution in [3.63, 3.8) is 0 Å². The van der Waals surface area contributed by atoms with E-state index >= 15 is 0 Å². The molecular weight excluding hydrogens is 671 g/mol. The Morgan fingerprint density at radius 3 is 1.54 bits per heavy atom. The number of hydrogen-bond donors (Lipinski definition) is 0. The minimum Gasteiger partial charge on any atom is -0.310 e. The molecule has 0 saturated heterocycles. The third-order valence-corrected chi connectivity index (χ3v) is 13.7. The highest BCUT2D eigenvalue weighted by Gasteiger charge is 2.37. The molecule has 8 aromatic carbocycles. The fraction of sp³-hybridized carbons (Fsp3) is 0.115. The van der Waals surface area contributed by atoms with E-state index in [1.807, 2.05) is 11.3 Å². The van der Waals surface area contributed by atoms with Gasteiger partial charge in [-0.25, -0.2) is 0 Å². The lowest BCUT2D eigenvalue weighted by Crippen LogP contribution is -2.16. The molecule has 0 unspecified atom stereocenters. The van der Waals surface area contributed by atoms with Gasteiger partial charge in [0.15, 0.2) is 0 Å². The quantitative estimate of drug-likeness (QED) is 0.176. The Kier molecular flexibility index (Phi) is 6.59. The number of benzene rings is 8. The maximum Gasteiger partial charge on any atom is 0.0468 e. The van der Waals surface area contributed by atoms with E-state index in [2.05, 4.69) is 196 Å². The summed E-state index contributed by atoms with van der Waals surface area (Å²) in [7, 11) is 0. The largest absolute Gasteiger partial charge is 0.310 e. The molecule has 0 saturated carbocycles. The van der Waals surface area contributed by atoms with E-state index in [1.54, 1.807) is 0 Å². The van der Waals surface area contributed by atoms with Crippen LogP contribution >= 0.6 is 11.3 Å². The van der Waals surface area contributed by atoms with Gasteiger partial charge in [0.2, 0.25) is 0 Å². The summed E-state index contributed by atoms with van der Waals surface area (Å²) in [5.41, 5.74) is 16.8. The van der Waals surface area contributed by atoms with Crippen molar-refractivity contribution >= 4 is 59.3 Å². The summed E-state index contributed by atoms with van der Waals surface area (Å²) in [4.78, 5) is 2.46. The summed E-state index contributed by atoms with van der Waals surface area (Å²) >= 11 is 1.90. The standard InChI is InChI=1S/C52H39NS/c1-51(2)44-18-10-7-15-38(44)42-30-35(25-27-46(42)51)53(36-26-28-47-43(31-36)39-16-8-11-19-45(39)52(47,3)4)34-23-21-32(22-24-34)41-29-33-13-5-6-14-37(33)50-49(41)40-17-9-12-20-48(40)54-50/h5-31H,1-4H3. The van der Waals surface area contributed by atoms with Gasteiger partial charge >= 0.3 is 0 Å². The Bertz CT molecular complexity index is 2890. The zero-order valence-electron chi connectivity index (χ0n) is 30.9. The van der Waals surface area contributed by atoms with Crippen molar-refractivity contribution in [2.75, 3.05) is 4.90 Å². The smallest absolute Gasteiger partial charge is 0.0468 e. The molecule has 1 heterocycles. The molecule has 0 amide bonds. The molecule has 0 atom stereocenters. The molecule has 2 aliphatic rings. The maximum absolute atomic E-state index is 2.46. The summed E-state index contributed by atoms with van der Waals surface area (Å²) in [6.45, 7) is 9.42. The van der Waals surface area contributed by atoms with Crippen molar-refractivity contribution in [2.24, 2.45) is 0 Å². The molecule has 1 aromatic heterocycles. The predicted molar refractivity (Wildman–Crippen MR) is 232 cm³/mol. The van der Waals surface area contributed by atoms with E-state index in [4.69, 9.17) is 0 Å². The first-order valence-corrected chi connectivity index (χ1v) is 19.8. The normalized spacial score (nSPS) is 14.6. The molecule has 0 N–H and O–H groups in total. The van der Waals surface area contributed by atoms with E-state index in [0.717, 1.165) is 17.1 Å². The van der Waals surface area contributed by atoms with E-state index < -0.39 is 0 Å². The van der Waals surface area contributed by atoms with E-state index in [0.29, 0.717) is 0 Å². The monoisotopic (exact) mass is 709 g/mol. The third-order valence-electron chi connectivity index (χ3n) is 12.5. The van der Waals surface area contributed by atoms with Crippen molar-refractivity contribution < 1.29 is 0 Å². The zero-order chi connectivity index (χ0) is 36.3. The van der Waals surface area contributed by atoms with Crippen molar-refractivity contribution in [3.8, 4) is 33.4 Å². The molecule has 0 radical (unpaired) electrons. The van der Waals surface area contributed by atoms with Crippen LogP contribution in [0.25, 0.3) is 64.3 Å². The Hall–Kier alpha value is -5.96. The first kappa shape index (κ1) is 31.6. The molecular formula is C52H39NS. The maximum atomic E-state index is 2.46. The zero-order valence-corrected chi connectivity index (χ0v) is 31.8. The molecule has 9 aromatic rings. The molecule has 2 aliphatic carbocycles. The van der Waals surface area contributed by atoms with Crippen LogP contribution in [0.2, 0.25) is 0 Å². The number of fused-ring (bicyclic) bond motifs is 11. The van der Waals surface area contributed by atoms with Crippen molar-refractivity contribution in [1.82, 2.24) is 0 Å². The minimum atomic E-state index is -0.0448.